The molecule has 1 aliphatic carbocycles. The number of hydrogen-bond donors (Lipinski definition) is 1. The van der Waals surface area contributed by atoms with E-state index in [9.17, 15) is 13.2 Å². The van der Waals surface area contributed by atoms with E-state index in [1.807, 2.05) is 25.1 Å². The Hall–Kier alpha value is -1.19. The van der Waals surface area contributed by atoms with E-state index in [4.69, 9.17) is 16.3 Å². The van der Waals surface area contributed by atoms with Gasteiger partial charge >= 0.3 is 0 Å². The Morgan fingerprint density at radius 3 is 2.52 bits per heavy atom. The second-order valence-electron chi connectivity index (χ2n) is 8.45. The van der Waals surface area contributed by atoms with Crippen molar-refractivity contribution in [2.24, 2.45) is 0 Å². The first kappa shape index (κ1) is 24.5. The molecule has 9 heteroatoms. The van der Waals surface area contributed by atoms with Crippen LogP contribution in [0.4, 0.5) is 0 Å². The van der Waals surface area contributed by atoms with Crippen LogP contribution in [-0.4, -0.2) is 79.7 Å². The van der Waals surface area contributed by atoms with Crippen molar-refractivity contribution in [1.29, 1.82) is 0 Å². The van der Waals surface area contributed by atoms with Gasteiger partial charge in [-0.3, -0.25) is 9.69 Å². The third-order valence-electron chi connectivity index (χ3n) is 6.45. The first-order valence-electron chi connectivity index (χ1n) is 11.1. The number of nitrogens with zero attached hydrogens (tertiary/aromatic N) is 2. The number of carbonyl (C=O) groups is 1. The summed E-state index contributed by atoms with van der Waals surface area (Å²) in [5.41, 5.74) is 0.109. The van der Waals surface area contributed by atoms with Crippen molar-refractivity contribution in [2.75, 3.05) is 39.0 Å². The zero-order valence-electron chi connectivity index (χ0n) is 18.4. The monoisotopic (exact) mass is 471 g/mol. The average Bonchev–Trinajstić information content (AvgIpc) is 2.78. The number of rotatable bonds is 8. The van der Waals surface area contributed by atoms with Crippen LogP contribution < -0.4 is 5.32 Å². The standard InChI is InChI=1S/C22H34ClN3O4S/c1-3-16-31(28,29)26-14-12-25(13-15-26)22(11-7-10-19(23)17-22)21(30-2)24-20(27)18-8-5-4-6-9-18/h4-6,8-9,19,21H,3,7,10-17H2,1-2H3,(H,24,27). The number of amides is 1. The molecule has 0 spiro atoms. The van der Waals surface area contributed by atoms with Crippen LogP contribution >= 0.6 is 11.6 Å². The summed E-state index contributed by atoms with van der Waals surface area (Å²) in [5.74, 6) is -0.0110. The van der Waals surface area contributed by atoms with E-state index in [1.165, 1.54) is 0 Å². The first-order valence-corrected chi connectivity index (χ1v) is 13.1. The molecule has 1 aromatic carbocycles. The third kappa shape index (κ3) is 5.60. The van der Waals surface area contributed by atoms with Gasteiger partial charge in [0.2, 0.25) is 10.0 Å². The van der Waals surface area contributed by atoms with Crippen molar-refractivity contribution >= 4 is 27.5 Å². The van der Waals surface area contributed by atoms with Gasteiger partial charge in [0, 0.05) is 44.2 Å². The number of piperazine rings is 1. The summed E-state index contributed by atoms with van der Waals surface area (Å²) in [6, 6.07) is 9.09. The molecule has 0 radical (unpaired) electrons. The fourth-order valence-corrected chi connectivity index (χ4v) is 6.83. The second kappa shape index (κ2) is 10.6. The average molecular weight is 472 g/mol. The molecular weight excluding hydrogens is 438 g/mol. The summed E-state index contributed by atoms with van der Waals surface area (Å²) in [6.45, 7) is 3.95. The number of nitrogens with one attached hydrogen (secondary N) is 1. The number of hydrogen-bond acceptors (Lipinski definition) is 5. The lowest BCUT2D eigenvalue weighted by molar-refractivity contribution is -0.0935. The Balaban J connectivity index is 1.80. The normalized spacial score (nSPS) is 27.0. The van der Waals surface area contributed by atoms with Gasteiger partial charge in [-0.05, 0) is 44.2 Å². The topological polar surface area (TPSA) is 79.0 Å². The van der Waals surface area contributed by atoms with Crippen LogP contribution in [0.25, 0.3) is 0 Å². The minimum atomic E-state index is -3.22. The summed E-state index contributed by atoms with van der Waals surface area (Å²) < 4.78 is 32.4. The van der Waals surface area contributed by atoms with E-state index in [-0.39, 0.29) is 17.0 Å². The lowest BCUT2D eigenvalue weighted by Crippen LogP contribution is -2.68. The maximum atomic E-state index is 12.9. The molecule has 3 atom stereocenters. The maximum absolute atomic E-state index is 12.9. The Bertz CT molecular complexity index is 830. The highest BCUT2D eigenvalue weighted by Gasteiger charge is 2.49. The molecule has 1 saturated carbocycles. The van der Waals surface area contributed by atoms with Gasteiger partial charge in [0.1, 0.15) is 6.23 Å². The number of alkyl halides is 1. The third-order valence-corrected chi connectivity index (χ3v) is 8.90. The highest BCUT2D eigenvalue weighted by Crippen LogP contribution is 2.40. The largest absolute Gasteiger partial charge is 0.360 e. The number of ether oxygens (including phenoxy) is 1. The predicted molar refractivity (Wildman–Crippen MR) is 123 cm³/mol. The molecule has 3 rings (SSSR count). The van der Waals surface area contributed by atoms with E-state index in [2.05, 4.69) is 10.2 Å². The van der Waals surface area contributed by atoms with Crippen LogP contribution in [0.2, 0.25) is 0 Å². The fourth-order valence-electron chi connectivity index (χ4n) is 4.91. The van der Waals surface area contributed by atoms with E-state index in [0.717, 1.165) is 19.3 Å². The molecule has 3 unspecified atom stereocenters. The van der Waals surface area contributed by atoms with Gasteiger partial charge in [-0.15, -0.1) is 11.6 Å². The Morgan fingerprint density at radius 1 is 1.26 bits per heavy atom. The number of halogens is 1. The molecule has 1 N–H and O–H groups in total. The number of sulfonamides is 1. The minimum absolute atomic E-state index is 0.0121. The Labute approximate surface area is 191 Å². The SMILES string of the molecule is CCCS(=O)(=O)N1CCN(C2(C(NC(=O)c3ccccc3)OC)CCCC(Cl)C2)CC1. The summed E-state index contributed by atoms with van der Waals surface area (Å²) in [6.07, 6.45) is 3.45. The molecule has 1 aliphatic heterocycles. The van der Waals surface area contributed by atoms with E-state index < -0.39 is 21.8 Å². The molecule has 0 aromatic heterocycles. The fraction of sp³-hybridized carbons (Fsp3) is 0.682. The quantitative estimate of drug-likeness (QED) is 0.465. The van der Waals surface area contributed by atoms with Crippen LogP contribution in [0.15, 0.2) is 30.3 Å². The molecule has 2 aliphatic rings. The van der Waals surface area contributed by atoms with E-state index >= 15 is 0 Å². The van der Waals surface area contributed by atoms with Gasteiger partial charge in [0.05, 0.1) is 11.3 Å². The molecule has 1 heterocycles. The van der Waals surface area contributed by atoms with Crippen LogP contribution in [0.3, 0.4) is 0 Å². The van der Waals surface area contributed by atoms with Gasteiger partial charge in [0.15, 0.2) is 0 Å². The summed E-state index contributed by atoms with van der Waals surface area (Å²) >= 11 is 6.62. The summed E-state index contributed by atoms with van der Waals surface area (Å²) in [4.78, 5) is 15.2. The summed E-state index contributed by atoms with van der Waals surface area (Å²) in [7, 11) is -1.61. The maximum Gasteiger partial charge on any atom is 0.253 e. The molecule has 31 heavy (non-hydrogen) atoms. The van der Waals surface area contributed by atoms with Crippen molar-refractivity contribution in [3.05, 3.63) is 35.9 Å². The number of benzene rings is 1. The minimum Gasteiger partial charge on any atom is -0.360 e. The lowest BCUT2D eigenvalue weighted by atomic mass is 9.77. The van der Waals surface area contributed by atoms with E-state index in [0.29, 0.717) is 44.6 Å². The zero-order valence-corrected chi connectivity index (χ0v) is 20.0. The molecule has 174 valence electrons. The van der Waals surface area contributed by atoms with Crippen molar-refractivity contribution in [1.82, 2.24) is 14.5 Å². The van der Waals surface area contributed by atoms with Gasteiger partial charge in [0.25, 0.3) is 5.91 Å². The van der Waals surface area contributed by atoms with Crippen molar-refractivity contribution in [2.45, 2.75) is 56.2 Å². The van der Waals surface area contributed by atoms with Gasteiger partial charge in [-0.2, -0.15) is 4.31 Å². The van der Waals surface area contributed by atoms with Gasteiger partial charge in [-0.1, -0.05) is 25.1 Å². The number of methoxy groups -OCH3 is 1. The summed E-state index contributed by atoms with van der Waals surface area (Å²) in [5, 5.41) is 3.07. The highest BCUT2D eigenvalue weighted by molar-refractivity contribution is 7.89. The molecule has 1 aromatic rings. The second-order valence-corrected chi connectivity index (χ2v) is 11.2. The molecule has 0 bridgehead atoms. The van der Waals surface area contributed by atoms with Gasteiger partial charge in [-0.25, -0.2) is 8.42 Å². The van der Waals surface area contributed by atoms with E-state index in [1.54, 1.807) is 23.5 Å². The molecule has 1 saturated heterocycles. The Morgan fingerprint density at radius 2 is 1.94 bits per heavy atom. The van der Waals surface area contributed by atoms with Gasteiger partial charge < -0.3 is 10.1 Å². The van der Waals surface area contributed by atoms with Crippen LogP contribution in [0.5, 0.6) is 0 Å². The number of carbonyl (C=O) groups excluding carboxylic acids is 1. The van der Waals surface area contributed by atoms with Crippen molar-refractivity contribution < 1.29 is 17.9 Å². The molecule has 1 amide bonds. The van der Waals surface area contributed by atoms with Crippen molar-refractivity contribution in [3.8, 4) is 0 Å². The predicted octanol–water partition coefficient (Wildman–Crippen LogP) is 2.67. The first-order chi connectivity index (χ1) is 14.8. The van der Waals surface area contributed by atoms with Crippen molar-refractivity contribution in [3.63, 3.8) is 0 Å². The molecule has 2 fully saturated rings. The molecular formula is C22H34ClN3O4S. The smallest absolute Gasteiger partial charge is 0.253 e. The zero-order chi connectivity index (χ0) is 22.5. The lowest BCUT2D eigenvalue weighted by Gasteiger charge is -2.53. The highest BCUT2D eigenvalue weighted by atomic mass is 35.5. The molecule has 7 nitrogen and oxygen atoms in total. The van der Waals surface area contributed by atoms with Crippen LogP contribution in [0, 0.1) is 0 Å². The van der Waals surface area contributed by atoms with Crippen LogP contribution in [0.1, 0.15) is 49.4 Å². The Kier molecular flexibility index (Phi) is 8.37. The van der Waals surface area contributed by atoms with Crippen LogP contribution in [-0.2, 0) is 14.8 Å².